The van der Waals surface area contributed by atoms with Crippen molar-refractivity contribution in [3.8, 4) is 5.69 Å². The Balaban J connectivity index is 1.83. The average Bonchev–Trinajstić information content (AvgIpc) is 3.04. The third-order valence-electron chi connectivity index (χ3n) is 4.96. The molecule has 0 amide bonds. The van der Waals surface area contributed by atoms with Gasteiger partial charge in [0, 0.05) is 13.1 Å². The molecule has 1 atom stereocenters. The summed E-state index contributed by atoms with van der Waals surface area (Å²) in [5, 5.41) is 3.85. The van der Waals surface area contributed by atoms with E-state index in [0.29, 0.717) is 33.9 Å². The molecule has 2 aromatic heterocycles. The molecule has 0 aliphatic heterocycles. The molecule has 0 aliphatic carbocycles. The van der Waals surface area contributed by atoms with E-state index in [1.807, 2.05) is 37.3 Å². The normalized spacial score (nSPS) is 12.4. The standard InChI is InChI=1S/C22H20ClN3O3/c1-14(29-13-15-8-4-3-5-9-15)21-20-17(12-19(27)25(21)2)24-26(22(20)28)18-11-7-6-10-16(18)23/h3-12,14,24H,13H2,1-2H3. The second-order valence-corrected chi connectivity index (χ2v) is 7.27. The number of aromatic amines is 1. The van der Waals surface area contributed by atoms with E-state index >= 15 is 0 Å². The fourth-order valence-electron chi connectivity index (χ4n) is 3.47. The summed E-state index contributed by atoms with van der Waals surface area (Å²) in [4.78, 5) is 25.8. The fraction of sp³-hybridized carbons (Fsp3) is 0.182. The smallest absolute Gasteiger partial charge is 0.281 e. The van der Waals surface area contributed by atoms with Gasteiger partial charge in [-0.1, -0.05) is 54.1 Å². The lowest BCUT2D eigenvalue weighted by atomic mass is 10.1. The minimum Gasteiger partial charge on any atom is -0.368 e. The molecule has 0 saturated heterocycles. The maximum atomic E-state index is 13.2. The SMILES string of the molecule is CC(OCc1ccccc1)c1c2c(=O)n(-c3ccccc3Cl)[nH]c2cc(=O)n1C. The van der Waals surface area contributed by atoms with Crippen LogP contribution in [-0.4, -0.2) is 14.3 Å². The first-order valence-electron chi connectivity index (χ1n) is 9.22. The first kappa shape index (κ1) is 19.2. The average molecular weight is 410 g/mol. The minimum absolute atomic E-state index is 0.227. The molecule has 0 fully saturated rings. The van der Waals surface area contributed by atoms with E-state index in [9.17, 15) is 9.59 Å². The summed E-state index contributed by atoms with van der Waals surface area (Å²) in [6, 6.07) is 18.2. The van der Waals surface area contributed by atoms with Crippen molar-refractivity contribution < 1.29 is 4.74 Å². The number of pyridine rings is 1. The predicted octanol–water partition coefficient (Wildman–Crippen LogP) is 3.95. The zero-order chi connectivity index (χ0) is 20.5. The second-order valence-electron chi connectivity index (χ2n) is 6.86. The van der Waals surface area contributed by atoms with Crippen molar-refractivity contribution in [2.24, 2.45) is 7.05 Å². The number of para-hydroxylation sites is 1. The van der Waals surface area contributed by atoms with Crippen LogP contribution in [0.4, 0.5) is 0 Å². The van der Waals surface area contributed by atoms with Crippen LogP contribution < -0.4 is 11.1 Å². The Bertz CT molecular complexity index is 1290. The molecule has 29 heavy (non-hydrogen) atoms. The molecule has 0 aliphatic rings. The number of halogens is 1. The van der Waals surface area contributed by atoms with Crippen LogP contribution in [0.25, 0.3) is 16.6 Å². The largest absolute Gasteiger partial charge is 0.368 e. The molecule has 1 unspecified atom stereocenters. The number of hydrogen-bond acceptors (Lipinski definition) is 3. The number of nitrogens with one attached hydrogen (secondary N) is 1. The molecule has 1 N–H and O–H groups in total. The van der Waals surface area contributed by atoms with E-state index in [4.69, 9.17) is 16.3 Å². The molecular formula is C22H20ClN3O3. The van der Waals surface area contributed by atoms with Crippen molar-refractivity contribution in [2.75, 3.05) is 0 Å². The van der Waals surface area contributed by atoms with Gasteiger partial charge in [0.25, 0.3) is 11.1 Å². The van der Waals surface area contributed by atoms with Crippen LogP contribution in [0.2, 0.25) is 5.02 Å². The maximum absolute atomic E-state index is 13.2. The monoisotopic (exact) mass is 409 g/mol. The molecule has 148 valence electrons. The minimum atomic E-state index is -0.472. The van der Waals surface area contributed by atoms with Crippen LogP contribution >= 0.6 is 11.6 Å². The van der Waals surface area contributed by atoms with Crippen molar-refractivity contribution in [1.29, 1.82) is 0 Å². The van der Waals surface area contributed by atoms with E-state index in [2.05, 4.69) is 5.10 Å². The Kier molecular flexibility index (Phi) is 5.13. The zero-order valence-corrected chi connectivity index (χ0v) is 16.8. The molecular weight excluding hydrogens is 390 g/mol. The maximum Gasteiger partial charge on any atom is 0.281 e. The number of fused-ring (bicyclic) bond motifs is 1. The van der Waals surface area contributed by atoms with Crippen LogP contribution in [0, 0.1) is 0 Å². The second kappa shape index (κ2) is 7.73. The molecule has 4 aromatic rings. The molecule has 6 nitrogen and oxygen atoms in total. The zero-order valence-electron chi connectivity index (χ0n) is 16.1. The summed E-state index contributed by atoms with van der Waals surface area (Å²) in [7, 11) is 1.64. The van der Waals surface area contributed by atoms with Gasteiger partial charge in [0.05, 0.1) is 40.0 Å². The van der Waals surface area contributed by atoms with E-state index in [-0.39, 0.29) is 11.1 Å². The van der Waals surface area contributed by atoms with Gasteiger partial charge in [0.15, 0.2) is 0 Å². The summed E-state index contributed by atoms with van der Waals surface area (Å²) in [5.74, 6) is 0. The van der Waals surface area contributed by atoms with E-state index in [1.54, 1.807) is 31.3 Å². The Hall–Kier alpha value is -3.09. The number of hydrogen-bond donors (Lipinski definition) is 1. The molecule has 4 rings (SSSR count). The van der Waals surface area contributed by atoms with E-state index in [0.717, 1.165) is 5.56 Å². The number of benzene rings is 2. The molecule has 2 aromatic carbocycles. The summed E-state index contributed by atoms with van der Waals surface area (Å²) in [6.07, 6.45) is -0.472. The lowest BCUT2D eigenvalue weighted by Crippen LogP contribution is -2.24. The van der Waals surface area contributed by atoms with Crippen LogP contribution in [0.3, 0.4) is 0 Å². The lowest BCUT2D eigenvalue weighted by molar-refractivity contribution is 0.0484. The topological polar surface area (TPSA) is 69.0 Å². The Morgan fingerprint density at radius 1 is 1.07 bits per heavy atom. The summed E-state index contributed by atoms with van der Waals surface area (Å²) >= 11 is 6.27. The fourth-order valence-corrected chi connectivity index (χ4v) is 3.69. The predicted molar refractivity (Wildman–Crippen MR) is 114 cm³/mol. The number of aromatic nitrogens is 3. The van der Waals surface area contributed by atoms with Gasteiger partial charge in [-0.2, -0.15) is 0 Å². The van der Waals surface area contributed by atoms with Crippen LogP contribution in [0.15, 0.2) is 70.3 Å². The van der Waals surface area contributed by atoms with Gasteiger partial charge in [-0.3, -0.25) is 14.7 Å². The quantitative estimate of drug-likeness (QED) is 0.542. The summed E-state index contributed by atoms with van der Waals surface area (Å²) < 4.78 is 8.83. The first-order valence-corrected chi connectivity index (χ1v) is 9.60. The number of nitrogens with zero attached hydrogens (tertiary/aromatic N) is 2. The Morgan fingerprint density at radius 3 is 2.48 bits per heavy atom. The molecule has 0 bridgehead atoms. The third-order valence-corrected chi connectivity index (χ3v) is 5.28. The van der Waals surface area contributed by atoms with Gasteiger partial charge in [-0.05, 0) is 24.6 Å². The summed E-state index contributed by atoms with van der Waals surface area (Å²) in [6.45, 7) is 2.21. The molecule has 0 radical (unpaired) electrons. The number of H-pyrrole nitrogens is 1. The van der Waals surface area contributed by atoms with Crippen molar-refractivity contribution in [3.05, 3.63) is 97.7 Å². The van der Waals surface area contributed by atoms with E-state index in [1.165, 1.54) is 15.3 Å². The highest BCUT2D eigenvalue weighted by Gasteiger charge is 2.21. The molecule has 7 heteroatoms. The summed E-state index contributed by atoms with van der Waals surface area (Å²) in [5.41, 5.74) is 2.00. The lowest BCUT2D eigenvalue weighted by Gasteiger charge is -2.17. The first-order chi connectivity index (χ1) is 14.0. The van der Waals surface area contributed by atoms with Gasteiger partial charge in [0.2, 0.25) is 0 Å². The third kappa shape index (κ3) is 3.52. The molecule has 0 saturated carbocycles. The van der Waals surface area contributed by atoms with Gasteiger partial charge in [-0.15, -0.1) is 0 Å². The molecule has 0 spiro atoms. The van der Waals surface area contributed by atoms with Crippen molar-refractivity contribution in [1.82, 2.24) is 14.3 Å². The van der Waals surface area contributed by atoms with Gasteiger partial charge in [-0.25, -0.2) is 4.68 Å². The van der Waals surface area contributed by atoms with Gasteiger partial charge in [0.1, 0.15) is 0 Å². The van der Waals surface area contributed by atoms with Crippen LogP contribution in [-0.2, 0) is 18.4 Å². The Morgan fingerprint density at radius 2 is 1.76 bits per heavy atom. The van der Waals surface area contributed by atoms with Crippen molar-refractivity contribution in [3.63, 3.8) is 0 Å². The highest BCUT2D eigenvalue weighted by atomic mass is 35.5. The van der Waals surface area contributed by atoms with Crippen molar-refractivity contribution in [2.45, 2.75) is 19.6 Å². The Labute approximate surface area is 171 Å². The number of rotatable bonds is 5. The van der Waals surface area contributed by atoms with Crippen LogP contribution in [0.1, 0.15) is 24.3 Å². The van der Waals surface area contributed by atoms with Gasteiger partial charge >= 0.3 is 0 Å². The molecule has 2 heterocycles. The van der Waals surface area contributed by atoms with E-state index < -0.39 is 6.10 Å². The van der Waals surface area contributed by atoms with Crippen molar-refractivity contribution >= 4 is 22.5 Å². The highest BCUT2D eigenvalue weighted by Crippen LogP contribution is 2.25. The number of ether oxygens (including phenoxy) is 1. The van der Waals surface area contributed by atoms with Gasteiger partial charge < -0.3 is 9.30 Å². The van der Waals surface area contributed by atoms with Crippen LogP contribution in [0.5, 0.6) is 0 Å². The highest BCUT2D eigenvalue weighted by molar-refractivity contribution is 6.32.